The minimum Gasteiger partial charge on any atom is -0.408 e. The van der Waals surface area contributed by atoms with Gasteiger partial charge in [-0.05, 0) is 18.2 Å². The largest absolute Gasteiger partial charge is 0.417 e. The quantitative estimate of drug-likeness (QED) is 0.613. The standard InChI is InChI=1S/C11H9N3O3/c15-5-10-12-4-8(13-10)6-1-2-9-7(3-6)14-11(16)17-9/h1-4,15H,5H2,(H,12,13)(H,14,16). The normalized spacial score (nSPS) is 11.1. The topological polar surface area (TPSA) is 94.9 Å². The Morgan fingerprint density at radius 2 is 2.24 bits per heavy atom. The molecule has 0 radical (unpaired) electrons. The van der Waals surface area contributed by atoms with Gasteiger partial charge in [0.05, 0.1) is 17.4 Å². The number of hydrogen-bond acceptors (Lipinski definition) is 4. The van der Waals surface area contributed by atoms with Crippen LogP contribution in [0.4, 0.5) is 0 Å². The molecule has 0 aliphatic carbocycles. The number of aromatic nitrogens is 3. The molecular formula is C11H9N3O3. The fraction of sp³-hybridized carbons (Fsp3) is 0.0909. The molecule has 0 amide bonds. The molecule has 6 heteroatoms. The van der Waals surface area contributed by atoms with Crippen LogP contribution in [-0.2, 0) is 6.61 Å². The first-order valence-corrected chi connectivity index (χ1v) is 5.04. The van der Waals surface area contributed by atoms with Gasteiger partial charge in [-0.3, -0.25) is 4.98 Å². The Kier molecular flexibility index (Phi) is 2.09. The van der Waals surface area contributed by atoms with Gasteiger partial charge >= 0.3 is 5.76 Å². The third-order valence-corrected chi connectivity index (χ3v) is 2.51. The highest BCUT2D eigenvalue weighted by molar-refractivity contribution is 5.78. The Morgan fingerprint density at radius 1 is 1.35 bits per heavy atom. The van der Waals surface area contributed by atoms with Crippen LogP contribution in [0.15, 0.2) is 33.6 Å². The molecule has 3 rings (SSSR count). The van der Waals surface area contributed by atoms with E-state index in [0.717, 1.165) is 11.3 Å². The van der Waals surface area contributed by atoms with Crippen LogP contribution in [0.25, 0.3) is 22.4 Å². The second kappa shape index (κ2) is 3.60. The Balaban J connectivity index is 2.13. The minimum atomic E-state index is -0.474. The number of nitrogens with one attached hydrogen (secondary N) is 2. The molecule has 0 aliphatic rings. The molecule has 0 saturated carbocycles. The van der Waals surface area contributed by atoms with E-state index in [-0.39, 0.29) is 6.61 Å². The summed E-state index contributed by atoms with van der Waals surface area (Å²) in [6.45, 7) is -0.134. The molecule has 6 nitrogen and oxygen atoms in total. The lowest BCUT2D eigenvalue weighted by molar-refractivity contribution is 0.272. The number of aliphatic hydroxyl groups is 1. The van der Waals surface area contributed by atoms with Gasteiger partial charge in [-0.15, -0.1) is 0 Å². The zero-order chi connectivity index (χ0) is 11.8. The highest BCUT2D eigenvalue weighted by Gasteiger charge is 2.06. The molecule has 3 N–H and O–H groups in total. The van der Waals surface area contributed by atoms with Crippen LogP contribution in [0.1, 0.15) is 5.82 Å². The number of H-pyrrole nitrogens is 2. The van der Waals surface area contributed by atoms with Crippen molar-refractivity contribution in [1.82, 2.24) is 15.0 Å². The van der Waals surface area contributed by atoms with Crippen molar-refractivity contribution < 1.29 is 9.52 Å². The summed E-state index contributed by atoms with van der Waals surface area (Å²) in [5.74, 6) is 0.0265. The Morgan fingerprint density at radius 3 is 3.00 bits per heavy atom. The van der Waals surface area contributed by atoms with Crippen LogP contribution in [-0.4, -0.2) is 20.1 Å². The van der Waals surface area contributed by atoms with E-state index in [9.17, 15) is 4.79 Å². The third-order valence-electron chi connectivity index (χ3n) is 2.51. The van der Waals surface area contributed by atoms with Gasteiger partial charge in [-0.25, -0.2) is 9.78 Å². The molecule has 1 aromatic carbocycles. The molecule has 0 saturated heterocycles. The first kappa shape index (κ1) is 9.86. The highest BCUT2D eigenvalue weighted by Crippen LogP contribution is 2.21. The van der Waals surface area contributed by atoms with E-state index in [2.05, 4.69) is 15.0 Å². The molecule has 3 aromatic rings. The van der Waals surface area contributed by atoms with E-state index in [1.54, 1.807) is 18.3 Å². The van der Waals surface area contributed by atoms with Gasteiger partial charge in [0, 0.05) is 5.56 Å². The van der Waals surface area contributed by atoms with Crippen molar-refractivity contribution in [3.8, 4) is 11.3 Å². The van der Waals surface area contributed by atoms with Crippen molar-refractivity contribution in [2.75, 3.05) is 0 Å². The van der Waals surface area contributed by atoms with Crippen LogP contribution in [0.2, 0.25) is 0 Å². The smallest absolute Gasteiger partial charge is 0.408 e. The number of oxazole rings is 1. The molecule has 0 fully saturated rings. The summed E-state index contributed by atoms with van der Waals surface area (Å²) in [6.07, 6.45) is 1.63. The predicted molar refractivity (Wildman–Crippen MR) is 60.3 cm³/mol. The Bertz CT molecular complexity index is 723. The predicted octanol–water partition coefficient (Wildman–Crippen LogP) is 1.00. The molecule has 86 valence electrons. The van der Waals surface area contributed by atoms with Crippen LogP contribution in [0.5, 0.6) is 0 Å². The highest BCUT2D eigenvalue weighted by atomic mass is 16.4. The first-order chi connectivity index (χ1) is 8.26. The van der Waals surface area contributed by atoms with Crippen molar-refractivity contribution in [3.05, 3.63) is 40.8 Å². The van der Waals surface area contributed by atoms with Crippen molar-refractivity contribution in [1.29, 1.82) is 0 Å². The fourth-order valence-electron chi connectivity index (χ4n) is 1.71. The number of aliphatic hydroxyl groups excluding tert-OH is 1. The van der Waals surface area contributed by atoms with Crippen LogP contribution in [0.3, 0.4) is 0 Å². The second-order valence-corrected chi connectivity index (χ2v) is 3.63. The number of hydrogen-bond donors (Lipinski definition) is 3. The minimum absolute atomic E-state index is 0.134. The lowest BCUT2D eigenvalue weighted by Gasteiger charge is -1.96. The lowest BCUT2D eigenvalue weighted by atomic mass is 10.1. The number of benzene rings is 1. The Hall–Kier alpha value is -2.34. The molecule has 17 heavy (non-hydrogen) atoms. The lowest BCUT2D eigenvalue weighted by Crippen LogP contribution is -1.92. The van der Waals surface area contributed by atoms with Crippen LogP contribution < -0.4 is 5.76 Å². The van der Waals surface area contributed by atoms with Crippen molar-refractivity contribution >= 4 is 11.1 Å². The maximum atomic E-state index is 11.0. The summed E-state index contributed by atoms with van der Waals surface area (Å²) in [7, 11) is 0. The number of fused-ring (bicyclic) bond motifs is 1. The molecule has 2 aromatic heterocycles. The zero-order valence-corrected chi connectivity index (χ0v) is 8.73. The van der Waals surface area contributed by atoms with Gasteiger partial charge in [0.25, 0.3) is 0 Å². The van der Waals surface area contributed by atoms with E-state index < -0.39 is 5.76 Å². The third kappa shape index (κ3) is 1.64. The van der Waals surface area contributed by atoms with E-state index in [0.29, 0.717) is 16.9 Å². The maximum Gasteiger partial charge on any atom is 0.417 e. The van der Waals surface area contributed by atoms with Gasteiger partial charge < -0.3 is 14.5 Å². The number of imidazole rings is 1. The van der Waals surface area contributed by atoms with Gasteiger partial charge in [0.1, 0.15) is 12.4 Å². The average Bonchev–Trinajstić information content (AvgIpc) is 2.92. The average molecular weight is 231 g/mol. The summed E-state index contributed by atoms with van der Waals surface area (Å²) in [4.78, 5) is 20.6. The molecule has 2 heterocycles. The second-order valence-electron chi connectivity index (χ2n) is 3.63. The Labute approximate surface area is 94.9 Å². The SMILES string of the molecule is O=c1[nH]c2cc(-c3cnc(CO)[nH]3)ccc2o1. The summed E-state index contributed by atoms with van der Waals surface area (Å²) in [5.41, 5.74) is 2.79. The maximum absolute atomic E-state index is 11.0. The number of aromatic amines is 2. The monoisotopic (exact) mass is 231 g/mol. The summed E-state index contributed by atoms with van der Waals surface area (Å²) in [6, 6.07) is 5.31. The molecule has 0 spiro atoms. The number of nitrogens with zero attached hydrogens (tertiary/aromatic N) is 1. The van der Waals surface area contributed by atoms with Gasteiger partial charge in [-0.1, -0.05) is 0 Å². The van der Waals surface area contributed by atoms with Gasteiger partial charge in [-0.2, -0.15) is 0 Å². The molecule has 0 aliphatic heterocycles. The fourth-order valence-corrected chi connectivity index (χ4v) is 1.71. The van der Waals surface area contributed by atoms with E-state index >= 15 is 0 Å². The molecular weight excluding hydrogens is 222 g/mol. The van der Waals surface area contributed by atoms with Crippen LogP contribution >= 0.6 is 0 Å². The van der Waals surface area contributed by atoms with E-state index in [4.69, 9.17) is 9.52 Å². The van der Waals surface area contributed by atoms with Gasteiger partial charge in [0.15, 0.2) is 5.58 Å². The summed E-state index contributed by atoms with van der Waals surface area (Å²) in [5, 5.41) is 8.92. The van der Waals surface area contributed by atoms with E-state index in [1.807, 2.05) is 6.07 Å². The molecule has 0 unspecified atom stereocenters. The molecule has 0 bridgehead atoms. The van der Waals surface area contributed by atoms with Crippen LogP contribution in [0, 0.1) is 0 Å². The van der Waals surface area contributed by atoms with Gasteiger partial charge in [0.2, 0.25) is 0 Å². The summed E-state index contributed by atoms with van der Waals surface area (Å²) < 4.78 is 4.91. The van der Waals surface area contributed by atoms with Crippen molar-refractivity contribution in [2.24, 2.45) is 0 Å². The first-order valence-electron chi connectivity index (χ1n) is 5.04. The molecule has 0 atom stereocenters. The van der Waals surface area contributed by atoms with Crippen molar-refractivity contribution in [2.45, 2.75) is 6.61 Å². The van der Waals surface area contributed by atoms with Crippen molar-refractivity contribution in [3.63, 3.8) is 0 Å². The number of rotatable bonds is 2. The van der Waals surface area contributed by atoms with E-state index in [1.165, 1.54) is 0 Å². The zero-order valence-electron chi connectivity index (χ0n) is 8.73. The summed E-state index contributed by atoms with van der Waals surface area (Å²) >= 11 is 0.